The van der Waals surface area contributed by atoms with Crippen molar-refractivity contribution in [3.63, 3.8) is 0 Å². The minimum absolute atomic E-state index is 0.770. The molecule has 0 saturated heterocycles. The summed E-state index contributed by atoms with van der Waals surface area (Å²) in [6.07, 6.45) is 6.36. The number of hydrogen-bond acceptors (Lipinski definition) is 3. The van der Waals surface area contributed by atoms with Gasteiger partial charge in [0.25, 0.3) is 0 Å². The summed E-state index contributed by atoms with van der Waals surface area (Å²) in [6, 6.07) is 11.6. The molecule has 0 spiro atoms. The van der Waals surface area contributed by atoms with Crippen molar-refractivity contribution in [1.82, 2.24) is 10.3 Å². The van der Waals surface area contributed by atoms with Crippen molar-refractivity contribution in [3.05, 3.63) is 53.9 Å². The van der Waals surface area contributed by atoms with Crippen LogP contribution in [-0.4, -0.2) is 11.0 Å². The lowest BCUT2D eigenvalue weighted by Crippen LogP contribution is -2.15. The van der Waals surface area contributed by atoms with Gasteiger partial charge >= 0.3 is 0 Å². The normalized spacial score (nSPS) is 14.6. The summed E-state index contributed by atoms with van der Waals surface area (Å²) in [4.78, 5) is 6.61. The Bertz CT molecular complexity index is 550. The molecule has 2 nitrogen and oxygen atoms in total. The van der Waals surface area contributed by atoms with Gasteiger partial charge in [-0.3, -0.25) is 4.98 Å². The maximum Gasteiger partial charge on any atom is 0.0279 e. The first kappa shape index (κ1) is 12.7. The molecule has 1 aliphatic rings. The van der Waals surface area contributed by atoms with E-state index in [1.165, 1.54) is 33.8 Å². The van der Waals surface area contributed by atoms with Gasteiger partial charge in [0, 0.05) is 34.8 Å². The Hall–Kier alpha value is -1.32. The third-order valence-electron chi connectivity index (χ3n) is 3.29. The molecule has 1 saturated carbocycles. The average molecular weight is 270 g/mol. The summed E-state index contributed by atoms with van der Waals surface area (Å²) < 4.78 is 0. The molecule has 1 N–H and O–H groups in total. The van der Waals surface area contributed by atoms with Crippen LogP contribution in [0.5, 0.6) is 0 Å². The number of nitrogens with zero attached hydrogens (tertiary/aromatic N) is 1. The number of aryl methyl sites for hydroxylation is 1. The molecule has 0 radical (unpaired) electrons. The van der Waals surface area contributed by atoms with E-state index in [4.69, 9.17) is 0 Å². The molecule has 0 aliphatic heterocycles. The molecule has 1 fully saturated rings. The number of rotatable bonds is 5. The summed E-state index contributed by atoms with van der Waals surface area (Å²) in [7, 11) is 0. The molecule has 1 aromatic heterocycles. The van der Waals surface area contributed by atoms with Crippen molar-refractivity contribution in [2.24, 2.45) is 0 Å². The summed E-state index contributed by atoms with van der Waals surface area (Å²) >= 11 is 1.80. The first-order chi connectivity index (χ1) is 9.31. The fourth-order valence-corrected chi connectivity index (χ4v) is 2.89. The Morgan fingerprint density at radius 3 is 2.68 bits per heavy atom. The summed E-state index contributed by atoms with van der Waals surface area (Å²) in [5.41, 5.74) is 2.72. The van der Waals surface area contributed by atoms with E-state index in [0.717, 1.165) is 12.6 Å². The second-order valence-electron chi connectivity index (χ2n) is 5.04. The maximum atomic E-state index is 4.05. The zero-order valence-corrected chi connectivity index (χ0v) is 11.9. The second kappa shape index (κ2) is 5.76. The minimum Gasteiger partial charge on any atom is -0.310 e. The molecule has 2 aromatic rings. The van der Waals surface area contributed by atoms with Crippen molar-refractivity contribution in [1.29, 1.82) is 0 Å². The second-order valence-corrected chi connectivity index (χ2v) is 6.16. The van der Waals surface area contributed by atoms with Gasteiger partial charge in [0.15, 0.2) is 0 Å². The highest BCUT2D eigenvalue weighted by molar-refractivity contribution is 7.99. The van der Waals surface area contributed by atoms with Gasteiger partial charge < -0.3 is 5.32 Å². The first-order valence-corrected chi connectivity index (χ1v) is 7.54. The average Bonchev–Trinajstić information content (AvgIpc) is 3.25. The van der Waals surface area contributed by atoms with Crippen molar-refractivity contribution in [3.8, 4) is 0 Å². The van der Waals surface area contributed by atoms with Crippen molar-refractivity contribution in [2.45, 2.75) is 42.1 Å². The summed E-state index contributed by atoms with van der Waals surface area (Å²) in [5, 5.41) is 3.55. The first-order valence-electron chi connectivity index (χ1n) is 6.72. The fourth-order valence-electron chi connectivity index (χ4n) is 2.02. The lowest BCUT2D eigenvalue weighted by Gasteiger charge is -2.09. The van der Waals surface area contributed by atoms with E-state index in [1.807, 2.05) is 24.5 Å². The Morgan fingerprint density at radius 1 is 1.21 bits per heavy atom. The van der Waals surface area contributed by atoms with Crippen LogP contribution in [0.4, 0.5) is 0 Å². The largest absolute Gasteiger partial charge is 0.310 e. The van der Waals surface area contributed by atoms with Crippen LogP contribution in [-0.2, 0) is 6.54 Å². The van der Waals surface area contributed by atoms with Crippen LogP contribution in [0.15, 0.2) is 52.5 Å². The molecular weight excluding hydrogens is 252 g/mol. The smallest absolute Gasteiger partial charge is 0.0279 e. The number of benzene rings is 1. The number of hydrogen-bond donors (Lipinski definition) is 1. The van der Waals surface area contributed by atoms with Gasteiger partial charge in [-0.25, -0.2) is 0 Å². The van der Waals surface area contributed by atoms with Gasteiger partial charge in [-0.15, -0.1) is 0 Å². The molecule has 3 heteroatoms. The van der Waals surface area contributed by atoms with Crippen LogP contribution in [0, 0.1) is 6.92 Å². The van der Waals surface area contributed by atoms with Gasteiger partial charge in [-0.2, -0.15) is 0 Å². The Morgan fingerprint density at radius 2 is 2.00 bits per heavy atom. The van der Waals surface area contributed by atoms with Crippen LogP contribution in [0.3, 0.4) is 0 Å². The van der Waals surface area contributed by atoms with Crippen LogP contribution in [0.2, 0.25) is 0 Å². The van der Waals surface area contributed by atoms with Crippen LogP contribution < -0.4 is 5.32 Å². The predicted molar refractivity (Wildman–Crippen MR) is 79.4 cm³/mol. The van der Waals surface area contributed by atoms with E-state index < -0.39 is 0 Å². The molecule has 0 amide bonds. The van der Waals surface area contributed by atoms with E-state index in [1.54, 1.807) is 11.8 Å². The molecule has 0 unspecified atom stereocenters. The molecule has 0 atom stereocenters. The lowest BCUT2D eigenvalue weighted by molar-refractivity contribution is 0.687. The van der Waals surface area contributed by atoms with Gasteiger partial charge in [-0.05, 0) is 49.1 Å². The van der Waals surface area contributed by atoms with E-state index in [9.17, 15) is 0 Å². The molecule has 19 heavy (non-hydrogen) atoms. The highest BCUT2D eigenvalue weighted by Crippen LogP contribution is 2.30. The van der Waals surface area contributed by atoms with E-state index in [0.29, 0.717) is 0 Å². The number of nitrogens with one attached hydrogen (secondary N) is 1. The molecule has 98 valence electrons. The standard InChI is InChI=1S/C16H18N2S/c1-12-10-13(11-18-14-3-4-14)2-5-16(12)19-15-6-8-17-9-7-15/h2,5-10,14,18H,3-4,11H2,1H3. The van der Waals surface area contributed by atoms with Gasteiger partial charge in [0.2, 0.25) is 0 Å². The zero-order chi connectivity index (χ0) is 13.1. The molecular formula is C16H18N2S. The minimum atomic E-state index is 0.770. The Kier molecular flexibility index (Phi) is 3.85. The molecule has 3 rings (SSSR count). The fraction of sp³-hybridized carbons (Fsp3) is 0.312. The molecule has 1 aliphatic carbocycles. The molecule has 0 bridgehead atoms. The number of aromatic nitrogens is 1. The number of pyridine rings is 1. The highest BCUT2D eigenvalue weighted by atomic mass is 32.2. The highest BCUT2D eigenvalue weighted by Gasteiger charge is 2.19. The van der Waals surface area contributed by atoms with E-state index >= 15 is 0 Å². The summed E-state index contributed by atoms with van der Waals surface area (Å²) in [6.45, 7) is 3.18. The molecule has 1 aromatic carbocycles. The SMILES string of the molecule is Cc1cc(CNC2CC2)ccc1Sc1ccncc1. The summed E-state index contributed by atoms with van der Waals surface area (Å²) in [5.74, 6) is 0. The monoisotopic (exact) mass is 270 g/mol. The lowest BCUT2D eigenvalue weighted by atomic mass is 10.1. The quantitative estimate of drug-likeness (QED) is 0.894. The Labute approximate surface area is 118 Å². The van der Waals surface area contributed by atoms with Crippen LogP contribution >= 0.6 is 11.8 Å². The van der Waals surface area contributed by atoms with Crippen LogP contribution in [0.25, 0.3) is 0 Å². The van der Waals surface area contributed by atoms with Crippen molar-refractivity contribution in [2.75, 3.05) is 0 Å². The van der Waals surface area contributed by atoms with Crippen molar-refractivity contribution < 1.29 is 0 Å². The topological polar surface area (TPSA) is 24.9 Å². The van der Waals surface area contributed by atoms with E-state index in [-0.39, 0.29) is 0 Å². The van der Waals surface area contributed by atoms with Gasteiger partial charge in [0.05, 0.1) is 0 Å². The third-order valence-corrected chi connectivity index (χ3v) is 4.47. The van der Waals surface area contributed by atoms with Crippen molar-refractivity contribution >= 4 is 11.8 Å². The predicted octanol–water partition coefficient (Wildman–Crippen LogP) is 3.79. The van der Waals surface area contributed by atoms with Gasteiger partial charge in [-0.1, -0.05) is 23.9 Å². The van der Waals surface area contributed by atoms with E-state index in [2.05, 4.69) is 35.4 Å². The maximum absolute atomic E-state index is 4.05. The van der Waals surface area contributed by atoms with Gasteiger partial charge in [0.1, 0.15) is 0 Å². The third kappa shape index (κ3) is 3.58. The zero-order valence-electron chi connectivity index (χ0n) is 11.1. The van der Waals surface area contributed by atoms with Crippen LogP contribution in [0.1, 0.15) is 24.0 Å². The molecule has 1 heterocycles. The Balaban J connectivity index is 1.68.